The molecule has 0 unspecified atom stereocenters. The number of ether oxygens (including phenoxy) is 2. The number of esters is 1. The summed E-state index contributed by atoms with van der Waals surface area (Å²) in [6, 6.07) is 9.98. The second-order valence-corrected chi connectivity index (χ2v) is 7.60. The van der Waals surface area contributed by atoms with E-state index in [9.17, 15) is 18.0 Å². The fourth-order valence-electron chi connectivity index (χ4n) is 3.60. The summed E-state index contributed by atoms with van der Waals surface area (Å²) in [7, 11) is 0. The van der Waals surface area contributed by atoms with Crippen LogP contribution in [0, 0.1) is 13.8 Å². The van der Waals surface area contributed by atoms with E-state index in [2.05, 4.69) is 10.2 Å². The first-order valence-corrected chi connectivity index (χ1v) is 9.67. The van der Waals surface area contributed by atoms with Crippen LogP contribution in [0.25, 0.3) is 5.69 Å². The van der Waals surface area contributed by atoms with Crippen molar-refractivity contribution < 1.29 is 27.4 Å². The Morgan fingerprint density at radius 1 is 1.16 bits per heavy atom. The molecule has 0 N–H and O–H groups in total. The predicted octanol–water partition coefficient (Wildman–Crippen LogP) is 5.24. The highest BCUT2D eigenvalue weighted by atomic mass is 35.5. The fourth-order valence-corrected chi connectivity index (χ4v) is 3.78. The highest BCUT2D eigenvalue weighted by Gasteiger charge is 2.44. The average Bonchev–Trinajstić information content (AvgIpc) is 3.08. The molecule has 2 heterocycles. The van der Waals surface area contributed by atoms with Gasteiger partial charge in [0.1, 0.15) is 6.10 Å². The molecule has 6 nitrogen and oxygen atoms in total. The van der Waals surface area contributed by atoms with Crippen molar-refractivity contribution in [1.29, 1.82) is 0 Å². The highest BCUT2D eigenvalue weighted by molar-refractivity contribution is 6.30. The van der Waals surface area contributed by atoms with Gasteiger partial charge in [0.15, 0.2) is 0 Å². The zero-order valence-electron chi connectivity index (χ0n) is 16.7. The van der Waals surface area contributed by atoms with E-state index in [1.165, 1.54) is 18.2 Å². The lowest BCUT2D eigenvalue weighted by atomic mass is 9.93. The molecule has 2 aromatic carbocycles. The van der Waals surface area contributed by atoms with Gasteiger partial charge in [-0.3, -0.25) is 9.36 Å². The Balaban J connectivity index is 2.04. The van der Waals surface area contributed by atoms with Crippen molar-refractivity contribution in [2.75, 3.05) is 0 Å². The van der Waals surface area contributed by atoms with Crippen molar-refractivity contribution in [3.8, 4) is 5.69 Å². The second-order valence-electron chi connectivity index (χ2n) is 7.16. The number of aromatic nitrogens is 3. The van der Waals surface area contributed by atoms with Gasteiger partial charge >= 0.3 is 12.1 Å². The number of hydrogen-bond acceptors (Lipinski definition) is 5. The molecule has 0 fully saturated rings. The number of benzene rings is 2. The molecule has 0 saturated carbocycles. The van der Waals surface area contributed by atoms with Gasteiger partial charge in [-0.25, -0.2) is 0 Å². The summed E-state index contributed by atoms with van der Waals surface area (Å²) in [6.07, 6.45) is -7.19. The average molecular weight is 452 g/mol. The molecular weight excluding hydrogens is 435 g/mol. The summed E-state index contributed by atoms with van der Waals surface area (Å²) >= 11 is 6.20. The number of halogens is 4. The molecule has 2 atom stereocenters. The Kier molecular flexibility index (Phi) is 5.26. The van der Waals surface area contributed by atoms with Gasteiger partial charge in [0.2, 0.25) is 11.6 Å². The zero-order chi connectivity index (χ0) is 22.5. The van der Waals surface area contributed by atoms with Crippen LogP contribution in [0.15, 0.2) is 36.4 Å². The van der Waals surface area contributed by atoms with Crippen LogP contribution in [-0.2, 0) is 20.4 Å². The molecular formula is C21H17ClF3N3O3. The summed E-state index contributed by atoms with van der Waals surface area (Å²) in [5.41, 5.74) is 3.05. The molecule has 0 aliphatic carbocycles. The number of carbonyl (C=O) groups is 1. The largest absolute Gasteiger partial charge is 0.452 e. The lowest BCUT2D eigenvalue weighted by Gasteiger charge is -2.24. The van der Waals surface area contributed by atoms with Crippen LogP contribution < -0.4 is 0 Å². The van der Waals surface area contributed by atoms with Gasteiger partial charge in [0, 0.05) is 17.5 Å². The standard InChI is InChI=1S/C21H17ClF3N3O3/c1-10-5-4-6-14(11(10)2)17-15-9-13(22)7-8-16(15)28-18(19(31-17)30-12(3)29)26-27-20(28)21(23,24)25/h4-9,17,19H,1-3H3/t17-,19+/m0/s1. The number of carbonyl (C=O) groups excluding carboxylic acids is 1. The maximum absolute atomic E-state index is 13.7. The Morgan fingerprint density at radius 2 is 1.90 bits per heavy atom. The summed E-state index contributed by atoms with van der Waals surface area (Å²) < 4.78 is 53.3. The third-order valence-electron chi connectivity index (χ3n) is 5.13. The highest BCUT2D eigenvalue weighted by Crippen LogP contribution is 2.44. The van der Waals surface area contributed by atoms with E-state index in [-0.39, 0.29) is 11.5 Å². The van der Waals surface area contributed by atoms with Crippen LogP contribution in [0.1, 0.15) is 53.2 Å². The number of hydrogen-bond donors (Lipinski definition) is 0. The van der Waals surface area contributed by atoms with Gasteiger partial charge < -0.3 is 9.47 Å². The molecule has 31 heavy (non-hydrogen) atoms. The van der Waals surface area contributed by atoms with Gasteiger partial charge in [0.25, 0.3) is 6.29 Å². The lowest BCUT2D eigenvalue weighted by Crippen LogP contribution is -2.18. The fraction of sp³-hybridized carbons (Fsp3) is 0.286. The van der Waals surface area contributed by atoms with Crippen molar-refractivity contribution >= 4 is 17.6 Å². The van der Waals surface area contributed by atoms with Crippen LogP contribution in [0.2, 0.25) is 5.02 Å². The van der Waals surface area contributed by atoms with Gasteiger partial charge in [-0.2, -0.15) is 13.2 Å². The Morgan fingerprint density at radius 3 is 2.58 bits per heavy atom. The minimum Gasteiger partial charge on any atom is -0.428 e. The Hall–Kier alpha value is -2.91. The third kappa shape index (κ3) is 3.79. The van der Waals surface area contributed by atoms with E-state index in [4.69, 9.17) is 21.1 Å². The molecule has 0 spiro atoms. The van der Waals surface area contributed by atoms with Crippen molar-refractivity contribution in [3.63, 3.8) is 0 Å². The molecule has 0 bridgehead atoms. The predicted molar refractivity (Wildman–Crippen MR) is 105 cm³/mol. The number of nitrogens with zero attached hydrogens (tertiary/aromatic N) is 3. The maximum Gasteiger partial charge on any atom is 0.452 e. The smallest absolute Gasteiger partial charge is 0.428 e. The van der Waals surface area contributed by atoms with E-state index >= 15 is 0 Å². The molecule has 162 valence electrons. The number of fused-ring (bicyclic) bond motifs is 3. The van der Waals surface area contributed by atoms with Crippen LogP contribution in [0.4, 0.5) is 13.2 Å². The third-order valence-corrected chi connectivity index (χ3v) is 5.36. The molecule has 0 amide bonds. The topological polar surface area (TPSA) is 66.2 Å². The minimum atomic E-state index is -4.80. The number of alkyl halides is 3. The van der Waals surface area contributed by atoms with Crippen molar-refractivity contribution in [1.82, 2.24) is 14.8 Å². The number of aryl methyl sites for hydroxylation is 1. The van der Waals surface area contributed by atoms with Gasteiger partial charge in [-0.15, -0.1) is 10.2 Å². The van der Waals surface area contributed by atoms with Gasteiger partial charge in [-0.05, 0) is 48.7 Å². The zero-order valence-corrected chi connectivity index (χ0v) is 17.5. The monoisotopic (exact) mass is 451 g/mol. The molecule has 10 heteroatoms. The molecule has 3 aromatic rings. The summed E-state index contributed by atoms with van der Waals surface area (Å²) in [4.78, 5) is 11.7. The van der Waals surface area contributed by atoms with Crippen LogP contribution in [-0.4, -0.2) is 20.7 Å². The summed E-state index contributed by atoms with van der Waals surface area (Å²) in [5, 5.41) is 7.28. The van der Waals surface area contributed by atoms with Crippen molar-refractivity contribution in [2.24, 2.45) is 0 Å². The van der Waals surface area contributed by atoms with E-state index in [0.717, 1.165) is 22.6 Å². The Labute approximate surface area is 180 Å². The van der Waals surface area contributed by atoms with E-state index in [1.54, 1.807) is 6.07 Å². The maximum atomic E-state index is 13.7. The lowest BCUT2D eigenvalue weighted by molar-refractivity contribution is -0.189. The first-order chi connectivity index (χ1) is 14.6. The van der Waals surface area contributed by atoms with Crippen LogP contribution >= 0.6 is 11.6 Å². The molecule has 1 aliphatic rings. The second kappa shape index (κ2) is 7.65. The first kappa shape index (κ1) is 21.3. The van der Waals surface area contributed by atoms with E-state index in [1.807, 2.05) is 26.0 Å². The van der Waals surface area contributed by atoms with Crippen LogP contribution in [0.5, 0.6) is 0 Å². The Bertz CT molecular complexity index is 1180. The van der Waals surface area contributed by atoms with Crippen LogP contribution in [0.3, 0.4) is 0 Å². The van der Waals surface area contributed by atoms with E-state index in [0.29, 0.717) is 16.1 Å². The molecule has 0 radical (unpaired) electrons. The molecule has 1 aliphatic heterocycles. The van der Waals surface area contributed by atoms with Gasteiger partial charge in [-0.1, -0.05) is 29.8 Å². The normalized spacial score (nSPS) is 18.2. The first-order valence-electron chi connectivity index (χ1n) is 9.29. The molecule has 0 saturated heterocycles. The molecule has 4 rings (SSSR count). The quantitative estimate of drug-likeness (QED) is 0.499. The number of rotatable bonds is 2. The van der Waals surface area contributed by atoms with Gasteiger partial charge in [0.05, 0.1) is 5.69 Å². The molecule has 1 aromatic heterocycles. The summed E-state index contributed by atoms with van der Waals surface area (Å²) in [5.74, 6) is -2.29. The van der Waals surface area contributed by atoms with Crippen molar-refractivity contribution in [2.45, 2.75) is 39.3 Å². The van der Waals surface area contributed by atoms with Crippen molar-refractivity contribution in [3.05, 3.63) is 75.3 Å². The summed E-state index contributed by atoms with van der Waals surface area (Å²) in [6.45, 7) is 4.93. The minimum absolute atomic E-state index is 0.136. The SMILES string of the molecule is CC(=O)O[C@@H]1O[C@@H](c2cccc(C)c2C)c2cc(Cl)ccc2-n2c1nnc2C(F)(F)F. The van der Waals surface area contributed by atoms with E-state index < -0.39 is 30.4 Å².